The van der Waals surface area contributed by atoms with E-state index in [2.05, 4.69) is 36.4 Å². The van der Waals surface area contributed by atoms with Gasteiger partial charge in [-0.25, -0.2) is 4.57 Å². The smallest absolute Gasteiger partial charge is 0.168 e. The van der Waals surface area contributed by atoms with Crippen molar-refractivity contribution in [1.29, 1.82) is 0 Å². The molecule has 0 spiro atoms. The van der Waals surface area contributed by atoms with Crippen LogP contribution in [0.4, 0.5) is 0 Å². The lowest BCUT2D eigenvalue weighted by Gasteiger charge is -2.02. The Bertz CT molecular complexity index is 262. The van der Waals surface area contributed by atoms with Gasteiger partial charge in [-0.2, -0.15) is 0 Å². The number of rotatable bonds is 2. The molecule has 0 N–H and O–H groups in total. The molecule has 1 heterocycles. The molecule has 2 heteroatoms. The predicted octanol–water partition coefficient (Wildman–Crippen LogP) is 1.32. The largest absolute Gasteiger partial charge is 0.300 e. The quantitative estimate of drug-likeness (QED) is 0.462. The van der Waals surface area contributed by atoms with Crippen molar-refractivity contribution < 1.29 is 4.57 Å². The zero-order valence-corrected chi connectivity index (χ0v) is 7.86. The standard InChI is InChI=1S/C10H15N2/c1-9(8-11-2)10-4-6-12(3)7-5-10/h4-9H,1-3H3/q+1. The first-order chi connectivity index (χ1) is 5.74. The summed E-state index contributed by atoms with van der Waals surface area (Å²) < 4.78 is 2.03. The molecule has 0 aliphatic heterocycles. The van der Waals surface area contributed by atoms with E-state index in [9.17, 15) is 0 Å². The van der Waals surface area contributed by atoms with Gasteiger partial charge in [-0.15, -0.1) is 0 Å². The molecule has 0 saturated heterocycles. The number of aromatic nitrogens is 1. The van der Waals surface area contributed by atoms with Gasteiger partial charge in [0.25, 0.3) is 0 Å². The first kappa shape index (κ1) is 8.91. The fourth-order valence-corrected chi connectivity index (χ4v) is 1.13. The lowest BCUT2D eigenvalue weighted by atomic mass is 10.0. The number of aryl methyl sites for hydroxylation is 1. The summed E-state index contributed by atoms with van der Waals surface area (Å²) in [5.41, 5.74) is 1.30. The third-order valence-corrected chi connectivity index (χ3v) is 1.90. The average molecular weight is 163 g/mol. The molecule has 0 radical (unpaired) electrons. The third-order valence-electron chi connectivity index (χ3n) is 1.90. The number of nitrogens with zero attached hydrogens (tertiary/aromatic N) is 2. The summed E-state index contributed by atoms with van der Waals surface area (Å²) >= 11 is 0. The molecule has 0 aliphatic rings. The fourth-order valence-electron chi connectivity index (χ4n) is 1.13. The monoisotopic (exact) mass is 163 g/mol. The molecular weight excluding hydrogens is 148 g/mol. The molecule has 0 aromatic carbocycles. The molecule has 0 aliphatic carbocycles. The average Bonchev–Trinajstić information content (AvgIpc) is 2.06. The highest BCUT2D eigenvalue weighted by Gasteiger charge is 2.02. The van der Waals surface area contributed by atoms with Crippen LogP contribution >= 0.6 is 0 Å². The molecule has 1 rings (SSSR count). The van der Waals surface area contributed by atoms with Crippen LogP contribution in [0.3, 0.4) is 0 Å². The fraction of sp³-hybridized carbons (Fsp3) is 0.400. The Labute approximate surface area is 73.6 Å². The van der Waals surface area contributed by atoms with Crippen LogP contribution in [0.2, 0.25) is 0 Å². The van der Waals surface area contributed by atoms with Gasteiger partial charge in [0.15, 0.2) is 12.4 Å². The number of hydrogen-bond donors (Lipinski definition) is 0. The van der Waals surface area contributed by atoms with E-state index in [1.54, 1.807) is 7.05 Å². The first-order valence-electron chi connectivity index (χ1n) is 4.11. The van der Waals surface area contributed by atoms with Crippen molar-refractivity contribution in [1.82, 2.24) is 0 Å². The van der Waals surface area contributed by atoms with Crippen molar-refractivity contribution >= 4 is 6.21 Å². The lowest BCUT2D eigenvalue weighted by molar-refractivity contribution is -0.671. The summed E-state index contributed by atoms with van der Waals surface area (Å²) in [5, 5.41) is 0. The van der Waals surface area contributed by atoms with E-state index in [4.69, 9.17) is 0 Å². The van der Waals surface area contributed by atoms with Crippen LogP contribution in [0.15, 0.2) is 29.5 Å². The molecular formula is C10H15N2+. The van der Waals surface area contributed by atoms with Gasteiger partial charge < -0.3 is 4.99 Å². The van der Waals surface area contributed by atoms with Crippen molar-refractivity contribution in [3.8, 4) is 0 Å². The van der Waals surface area contributed by atoms with E-state index >= 15 is 0 Å². The summed E-state index contributed by atoms with van der Waals surface area (Å²) in [5.74, 6) is 0.413. The maximum absolute atomic E-state index is 4.00. The van der Waals surface area contributed by atoms with Crippen molar-refractivity contribution in [2.75, 3.05) is 7.05 Å². The van der Waals surface area contributed by atoms with Crippen LogP contribution in [0.5, 0.6) is 0 Å². The number of aliphatic imine (C=N–C) groups is 1. The van der Waals surface area contributed by atoms with E-state index in [1.807, 2.05) is 17.8 Å². The SMILES string of the molecule is CN=CC(C)c1cc[n+](C)cc1. The lowest BCUT2D eigenvalue weighted by Crippen LogP contribution is -2.26. The van der Waals surface area contributed by atoms with Crippen LogP contribution < -0.4 is 4.57 Å². The molecule has 1 unspecified atom stereocenters. The Morgan fingerprint density at radius 1 is 1.42 bits per heavy atom. The minimum atomic E-state index is 0.413. The summed E-state index contributed by atoms with van der Waals surface area (Å²) in [6, 6.07) is 4.23. The van der Waals surface area contributed by atoms with Crippen molar-refractivity contribution in [3.63, 3.8) is 0 Å². The molecule has 0 saturated carbocycles. The van der Waals surface area contributed by atoms with Crippen molar-refractivity contribution in [2.45, 2.75) is 12.8 Å². The van der Waals surface area contributed by atoms with E-state index < -0.39 is 0 Å². The summed E-state index contributed by atoms with van der Waals surface area (Å²) in [7, 11) is 3.82. The Morgan fingerprint density at radius 3 is 2.50 bits per heavy atom. The Hall–Kier alpha value is -1.18. The van der Waals surface area contributed by atoms with E-state index in [0.29, 0.717) is 5.92 Å². The summed E-state index contributed by atoms with van der Waals surface area (Å²) in [6.07, 6.45) is 6.06. The second kappa shape index (κ2) is 4.00. The van der Waals surface area contributed by atoms with Crippen LogP contribution in [-0.4, -0.2) is 13.3 Å². The minimum absolute atomic E-state index is 0.413. The summed E-state index contributed by atoms with van der Waals surface area (Å²) in [6.45, 7) is 2.14. The highest BCUT2D eigenvalue weighted by atomic mass is 14.9. The minimum Gasteiger partial charge on any atom is -0.300 e. The zero-order valence-electron chi connectivity index (χ0n) is 7.86. The zero-order chi connectivity index (χ0) is 8.97. The van der Waals surface area contributed by atoms with Gasteiger partial charge in [0.2, 0.25) is 0 Å². The highest BCUT2D eigenvalue weighted by Crippen LogP contribution is 2.09. The Balaban J connectivity index is 2.82. The Kier molecular flexibility index (Phi) is 2.97. The summed E-state index contributed by atoms with van der Waals surface area (Å²) in [4.78, 5) is 4.00. The van der Waals surface area contributed by atoms with Gasteiger partial charge in [-0.1, -0.05) is 6.92 Å². The topological polar surface area (TPSA) is 16.2 Å². The molecule has 2 nitrogen and oxygen atoms in total. The molecule has 1 aromatic rings. The normalized spacial score (nSPS) is 13.6. The van der Waals surface area contributed by atoms with E-state index in [0.717, 1.165) is 0 Å². The first-order valence-corrected chi connectivity index (χ1v) is 4.11. The van der Waals surface area contributed by atoms with Crippen LogP contribution in [-0.2, 0) is 7.05 Å². The second-order valence-electron chi connectivity index (χ2n) is 2.99. The van der Waals surface area contributed by atoms with Crippen molar-refractivity contribution in [3.05, 3.63) is 30.1 Å². The van der Waals surface area contributed by atoms with Crippen LogP contribution in [0, 0.1) is 0 Å². The second-order valence-corrected chi connectivity index (χ2v) is 2.99. The highest BCUT2D eigenvalue weighted by molar-refractivity contribution is 5.66. The predicted molar refractivity (Wildman–Crippen MR) is 50.4 cm³/mol. The molecule has 0 fully saturated rings. The van der Waals surface area contributed by atoms with Gasteiger partial charge in [-0.3, -0.25) is 0 Å². The number of pyridine rings is 1. The van der Waals surface area contributed by atoms with Gasteiger partial charge in [0.1, 0.15) is 7.05 Å². The molecule has 1 aromatic heterocycles. The third kappa shape index (κ3) is 2.16. The molecule has 12 heavy (non-hydrogen) atoms. The molecule has 0 amide bonds. The van der Waals surface area contributed by atoms with Gasteiger partial charge in [-0.05, 0) is 5.56 Å². The van der Waals surface area contributed by atoms with E-state index in [1.165, 1.54) is 5.56 Å². The van der Waals surface area contributed by atoms with Gasteiger partial charge >= 0.3 is 0 Å². The van der Waals surface area contributed by atoms with E-state index in [-0.39, 0.29) is 0 Å². The Morgan fingerprint density at radius 2 is 2.00 bits per heavy atom. The van der Waals surface area contributed by atoms with Crippen LogP contribution in [0.1, 0.15) is 18.4 Å². The van der Waals surface area contributed by atoms with Crippen molar-refractivity contribution in [2.24, 2.45) is 12.0 Å². The molecule has 64 valence electrons. The number of hydrogen-bond acceptors (Lipinski definition) is 1. The van der Waals surface area contributed by atoms with Gasteiger partial charge in [0, 0.05) is 31.3 Å². The maximum Gasteiger partial charge on any atom is 0.168 e. The maximum atomic E-state index is 4.00. The van der Waals surface area contributed by atoms with Crippen LogP contribution in [0.25, 0.3) is 0 Å². The van der Waals surface area contributed by atoms with Gasteiger partial charge in [0.05, 0.1) is 0 Å². The molecule has 1 atom stereocenters. The molecule has 0 bridgehead atoms.